The van der Waals surface area contributed by atoms with E-state index < -0.39 is 0 Å². The van der Waals surface area contributed by atoms with Gasteiger partial charge in [0, 0.05) is 25.2 Å². The summed E-state index contributed by atoms with van der Waals surface area (Å²) in [6.07, 6.45) is 0. The second-order valence-electron chi connectivity index (χ2n) is 10.4. The summed E-state index contributed by atoms with van der Waals surface area (Å²) in [5, 5.41) is 0. The van der Waals surface area contributed by atoms with Crippen LogP contribution in [-0.2, 0) is 14.1 Å². The van der Waals surface area contributed by atoms with E-state index in [2.05, 4.69) is 92.5 Å². The molecular weight excluding hydrogens is 444 g/mol. The monoisotopic (exact) mass is 480 g/mol. The first-order chi connectivity index (χ1) is 16.9. The third-order valence-corrected chi connectivity index (χ3v) is 8.54. The molecular formula is C30H36N6. The fourth-order valence-corrected chi connectivity index (χ4v) is 5.73. The minimum absolute atomic E-state index is 0.907. The van der Waals surface area contributed by atoms with Crippen molar-refractivity contribution in [1.29, 1.82) is 0 Å². The van der Waals surface area contributed by atoms with Gasteiger partial charge in [-0.25, -0.2) is 19.9 Å². The smallest absolute Gasteiger partial charge is 0.106 e. The molecule has 0 amide bonds. The number of imidazole rings is 2. The van der Waals surface area contributed by atoms with Crippen LogP contribution in [0.2, 0.25) is 0 Å². The summed E-state index contributed by atoms with van der Waals surface area (Å²) >= 11 is 0. The lowest BCUT2D eigenvalue weighted by atomic mass is 9.92. The van der Waals surface area contributed by atoms with Crippen molar-refractivity contribution >= 4 is 22.1 Å². The Morgan fingerprint density at radius 2 is 0.750 bits per heavy atom. The summed E-state index contributed by atoms with van der Waals surface area (Å²) < 4.78 is 4.37. The maximum absolute atomic E-state index is 5.22. The van der Waals surface area contributed by atoms with Crippen LogP contribution in [0.3, 0.4) is 0 Å². The van der Waals surface area contributed by atoms with Crippen LogP contribution < -0.4 is 0 Å². The molecule has 0 aliphatic heterocycles. The number of hydrogen-bond acceptors (Lipinski definition) is 4. The first-order valence-electron chi connectivity index (χ1n) is 12.6. The van der Waals surface area contributed by atoms with Crippen LogP contribution in [0, 0.1) is 69.2 Å². The van der Waals surface area contributed by atoms with Gasteiger partial charge in [0.05, 0.1) is 44.8 Å². The van der Waals surface area contributed by atoms with Crippen LogP contribution in [0.1, 0.15) is 56.4 Å². The van der Waals surface area contributed by atoms with Gasteiger partial charge in [-0.15, -0.1) is 0 Å². The van der Waals surface area contributed by atoms with E-state index in [4.69, 9.17) is 19.9 Å². The molecule has 2 aromatic carbocycles. The van der Waals surface area contributed by atoms with Gasteiger partial charge in [-0.05, 0) is 103 Å². The van der Waals surface area contributed by atoms with Crippen molar-refractivity contribution in [2.75, 3.05) is 0 Å². The Hall–Kier alpha value is -3.54. The minimum atomic E-state index is 0.907. The first-order valence-corrected chi connectivity index (χ1v) is 12.6. The SMILES string of the molecule is Cc1nc(-c2c(C)c(C)c(C)c3c2nc(C)n3C)c(C)nc1-c1c(C)c(C)c(C)c2c1nc(C)n2C. The molecule has 0 bridgehead atoms. The van der Waals surface area contributed by atoms with Gasteiger partial charge in [-0.1, -0.05) is 0 Å². The largest absolute Gasteiger partial charge is 0.331 e. The lowest BCUT2D eigenvalue weighted by Crippen LogP contribution is -2.05. The maximum Gasteiger partial charge on any atom is 0.106 e. The number of nitrogens with zero attached hydrogens (tertiary/aromatic N) is 6. The molecule has 5 aromatic rings. The quantitative estimate of drug-likeness (QED) is 0.283. The highest BCUT2D eigenvalue weighted by Crippen LogP contribution is 2.40. The van der Waals surface area contributed by atoms with Crippen molar-refractivity contribution in [3.63, 3.8) is 0 Å². The van der Waals surface area contributed by atoms with Crippen LogP contribution in [0.15, 0.2) is 0 Å². The van der Waals surface area contributed by atoms with Crippen LogP contribution in [-0.4, -0.2) is 29.1 Å². The number of rotatable bonds is 2. The molecule has 0 N–H and O–H groups in total. The van der Waals surface area contributed by atoms with Crippen LogP contribution >= 0.6 is 0 Å². The van der Waals surface area contributed by atoms with Crippen molar-refractivity contribution in [3.8, 4) is 22.5 Å². The predicted octanol–water partition coefficient (Wildman–Crippen LogP) is 6.67. The van der Waals surface area contributed by atoms with E-state index in [1.54, 1.807) is 0 Å². The van der Waals surface area contributed by atoms with E-state index in [9.17, 15) is 0 Å². The van der Waals surface area contributed by atoms with Gasteiger partial charge in [-0.2, -0.15) is 0 Å². The zero-order valence-electron chi connectivity index (χ0n) is 23.7. The molecule has 0 aliphatic carbocycles. The molecule has 0 radical (unpaired) electrons. The van der Waals surface area contributed by atoms with E-state index in [1.165, 1.54) is 44.4 Å². The van der Waals surface area contributed by atoms with Crippen molar-refractivity contribution in [1.82, 2.24) is 29.1 Å². The third kappa shape index (κ3) is 3.09. The van der Waals surface area contributed by atoms with E-state index in [0.29, 0.717) is 0 Å². The Bertz CT molecular complexity index is 1620. The van der Waals surface area contributed by atoms with E-state index in [1.807, 2.05) is 0 Å². The lowest BCUT2D eigenvalue weighted by Gasteiger charge is -2.18. The van der Waals surface area contributed by atoms with Gasteiger partial charge < -0.3 is 9.13 Å². The summed E-state index contributed by atoms with van der Waals surface area (Å²) in [5.41, 5.74) is 17.7. The van der Waals surface area contributed by atoms with Crippen molar-refractivity contribution in [2.24, 2.45) is 14.1 Å². The number of benzene rings is 2. The van der Waals surface area contributed by atoms with Crippen LogP contribution in [0.4, 0.5) is 0 Å². The Kier molecular flexibility index (Phi) is 5.36. The molecule has 5 rings (SSSR count). The highest BCUT2D eigenvalue weighted by atomic mass is 15.1. The Labute approximate surface area is 213 Å². The van der Waals surface area contributed by atoms with Crippen LogP contribution in [0.25, 0.3) is 44.6 Å². The summed E-state index contributed by atoms with van der Waals surface area (Å²) in [6, 6.07) is 0. The van der Waals surface area contributed by atoms with Gasteiger partial charge in [0.15, 0.2) is 0 Å². The molecule has 0 unspecified atom stereocenters. The van der Waals surface area contributed by atoms with E-state index in [0.717, 1.165) is 56.6 Å². The highest BCUT2D eigenvalue weighted by Gasteiger charge is 2.25. The molecule has 6 heteroatoms. The van der Waals surface area contributed by atoms with E-state index >= 15 is 0 Å². The highest BCUT2D eigenvalue weighted by molar-refractivity contribution is 5.99. The van der Waals surface area contributed by atoms with Crippen molar-refractivity contribution in [3.05, 3.63) is 56.4 Å². The standard InChI is InChI=1S/C30H36N6/c1-13-15(3)23(27-29(17(13)5)35(11)21(9)33-27)25-19(7)32-26(20(8)31-25)24-16(4)14(2)18(6)30-28(24)34-22(10)36(30)12/h1-12H3. The van der Waals surface area contributed by atoms with Gasteiger partial charge >= 0.3 is 0 Å². The molecule has 0 saturated carbocycles. The Balaban J connectivity index is 1.85. The Morgan fingerprint density at radius 3 is 1.08 bits per heavy atom. The van der Waals surface area contributed by atoms with Crippen molar-refractivity contribution in [2.45, 2.75) is 69.2 Å². The summed E-state index contributed by atoms with van der Waals surface area (Å²) in [5.74, 6) is 1.99. The maximum atomic E-state index is 5.22. The van der Waals surface area contributed by atoms with Gasteiger partial charge in [0.2, 0.25) is 0 Å². The third-order valence-electron chi connectivity index (χ3n) is 8.54. The average molecular weight is 481 g/mol. The number of aromatic nitrogens is 6. The predicted molar refractivity (Wildman–Crippen MR) is 149 cm³/mol. The fraction of sp³-hybridized carbons (Fsp3) is 0.400. The van der Waals surface area contributed by atoms with Gasteiger partial charge in [0.25, 0.3) is 0 Å². The molecule has 3 heterocycles. The molecule has 0 fully saturated rings. The van der Waals surface area contributed by atoms with Crippen LogP contribution in [0.5, 0.6) is 0 Å². The minimum Gasteiger partial charge on any atom is -0.331 e. The number of hydrogen-bond donors (Lipinski definition) is 0. The second kappa shape index (κ2) is 7.99. The normalized spacial score (nSPS) is 11.9. The summed E-state index contributed by atoms with van der Waals surface area (Å²) in [6.45, 7) is 21.4. The molecule has 0 saturated heterocycles. The Morgan fingerprint density at radius 1 is 0.417 bits per heavy atom. The van der Waals surface area contributed by atoms with Crippen molar-refractivity contribution < 1.29 is 0 Å². The molecule has 3 aromatic heterocycles. The number of fused-ring (bicyclic) bond motifs is 2. The second-order valence-corrected chi connectivity index (χ2v) is 10.4. The summed E-state index contributed by atoms with van der Waals surface area (Å²) in [7, 11) is 4.18. The fourth-order valence-electron chi connectivity index (χ4n) is 5.73. The molecule has 186 valence electrons. The zero-order valence-corrected chi connectivity index (χ0v) is 23.7. The summed E-state index contributed by atoms with van der Waals surface area (Å²) in [4.78, 5) is 20.4. The molecule has 36 heavy (non-hydrogen) atoms. The molecule has 6 nitrogen and oxygen atoms in total. The number of aryl methyl sites for hydroxylation is 8. The lowest BCUT2D eigenvalue weighted by molar-refractivity contribution is 0.882. The zero-order chi connectivity index (χ0) is 26.4. The average Bonchev–Trinajstić information content (AvgIpc) is 3.28. The molecule has 0 spiro atoms. The van der Waals surface area contributed by atoms with Gasteiger partial charge in [0.1, 0.15) is 11.6 Å². The van der Waals surface area contributed by atoms with Gasteiger partial charge in [-0.3, -0.25) is 0 Å². The first kappa shape index (κ1) is 24.2. The topological polar surface area (TPSA) is 61.4 Å². The van der Waals surface area contributed by atoms with E-state index in [-0.39, 0.29) is 0 Å². The molecule has 0 aliphatic rings. The molecule has 0 atom stereocenters.